The van der Waals surface area contributed by atoms with Gasteiger partial charge in [-0.05, 0) is 52.2 Å². The first-order valence-electron chi connectivity index (χ1n) is 2.25. The lowest BCUT2D eigenvalue weighted by Gasteiger charge is -1.66. The normalized spacial score (nSPS) is 12.3. The number of hydrogen-bond acceptors (Lipinski definition) is 2. The van der Waals surface area contributed by atoms with Gasteiger partial charge in [0.15, 0.2) is 0 Å². The maximum atomic E-state index is 6.12. The topological polar surface area (TPSA) is 171 Å². The van der Waals surface area contributed by atoms with Gasteiger partial charge in [-0.3, -0.25) is 0 Å². The Kier molecular flexibility index (Phi) is 6.88. The van der Waals surface area contributed by atoms with E-state index in [0.29, 0.717) is 0 Å². The van der Waals surface area contributed by atoms with Crippen molar-refractivity contribution in [2.45, 2.75) is 0 Å². The number of nitrogens with one attached hydrogen (secondary N) is 2. The smallest absolute Gasteiger partial charge is 0.00000000782 e. The lowest BCUT2D eigenvalue weighted by molar-refractivity contribution is 0.754. The molecule has 0 saturated heterocycles. The van der Waals surface area contributed by atoms with Crippen LogP contribution in [0.2, 0.25) is 0 Å². The molecule has 0 aromatic carbocycles. The highest BCUT2D eigenvalue weighted by Crippen LogP contribution is 1.85. The molecule has 0 fully saturated rings. The fourth-order valence-corrected chi connectivity index (χ4v) is 0.147. The molecule has 0 bridgehead atoms. The molecule has 12 heavy (non-hydrogen) atoms. The molecule has 0 aliphatic carbocycles. The van der Waals surface area contributed by atoms with Crippen LogP contribution in [0, 0.1) is 11.1 Å². The summed E-state index contributed by atoms with van der Waals surface area (Å²) in [7, 11) is 0. The Morgan fingerprint density at radius 1 is 0.417 bits per heavy atom. The summed E-state index contributed by atoms with van der Waals surface area (Å²) in [6.07, 6.45) is 0. The molecular formula is H2N12. The Balaban J connectivity index is 3.65. The van der Waals surface area contributed by atoms with E-state index in [9.17, 15) is 0 Å². The molecule has 0 aliphatic rings. The Bertz CT molecular complexity index is 198. The molecule has 0 amide bonds. The van der Waals surface area contributed by atoms with Crippen molar-refractivity contribution in [3.05, 3.63) is 0 Å². The van der Waals surface area contributed by atoms with Crippen LogP contribution >= 0.6 is 0 Å². The second-order valence-electron chi connectivity index (χ2n) is 0.916. The number of nitrogens with zero attached hydrogens (tertiary/aromatic N) is 10. The molecule has 62 valence electrons. The van der Waals surface area contributed by atoms with Crippen LogP contribution in [-0.4, -0.2) is 0 Å². The molecule has 0 spiro atoms. The fourth-order valence-electron chi connectivity index (χ4n) is 0.147. The lowest BCUT2D eigenvalue weighted by atomic mass is 12.4. The standard InChI is InChI=1S/H2N12/c1-3-5-7-9-11-12-10-8-6-4-2/h1-2H/b3-1?,4-2?,7-5+,8-6+,11-9+,12-10+. The quantitative estimate of drug-likeness (QED) is 0.456. The molecule has 0 aliphatic heterocycles. The van der Waals surface area contributed by atoms with Gasteiger partial charge in [-0.25, -0.2) is 0 Å². The maximum Gasteiger partial charge on any atom is -0.00000000782 e. The average Bonchev–Trinajstić information content (AvgIpc) is 2.10. The summed E-state index contributed by atoms with van der Waals surface area (Å²) in [6.45, 7) is 0. The summed E-state index contributed by atoms with van der Waals surface area (Å²) >= 11 is 0. The summed E-state index contributed by atoms with van der Waals surface area (Å²) in [4.78, 5) is 0. The summed E-state index contributed by atoms with van der Waals surface area (Å²) in [6, 6.07) is 0. The Hall–Kier alpha value is -2.40. The van der Waals surface area contributed by atoms with Crippen molar-refractivity contribution in [1.82, 2.24) is 0 Å². The van der Waals surface area contributed by atoms with Crippen LogP contribution in [-0.2, 0) is 0 Å². The Labute approximate surface area is 64.5 Å². The van der Waals surface area contributed by atoms with Crippen molar-refractivity contribution in [2.75, 3.05) is 0 Å². The molecule has 0 saturated carbocycles. The molecule has 0 aromatic rings. The van der Waals surface area contributed by atoms with E-state index < -0.39 is 0 Å². The van der Waals surface area contributed by atoms with E-state index in [-0.39, 0.29) is 0 Å². The SMILES string of the molecule is N=N/N=N/N=N/N=N/N=N/N=N. The number of hydrogen-bond donors (Lipinski definition) is 2. The number of rotatable bonds is 5. The first kappa shape index (κ1) is 9.60. The van der Waals surface area contributed by atoms with Gasteiger partial charge < -0.3 is 0 Å². The van der Waals surface area contributed by atoms with Crippen molar-refractivity contribution in [3.63, 3.8) is 0 Å². The predicted octanol–water partition coefficient (Wildman–Crippen LogP) is 2.43. The zero-order chi connectivity index (χ0) is 9.07. The van der Waals surface area contributed by atoms with E-state index in [4.69, 9.17) is 11.1 Å². The molecule has 2 N–H and O–H groups in total. The van der Waals surface area contributed by atoms with Crippen LogP contribution in [0.3, 0.4) is 0 Å². The Morgan fingerprint density at radius 2 is 0.667 bits per heavy atom. The predicted molar refractivity (Wildman–Crippen MR) is 29.7 cm³/mol. The summed E-state index contributed by atoms with van der Waals surface area (Å²) in [5, 5.41) is 27.8. The van der Waals surface area contributed by atoms with Gasteiger partial charge in [0.05, 0.1) is 0 Å². The van der Waals surface area contributed by atoms with E-state index in [1.807, 2.05) is 0 Å². The maximum absolute atomic E-state index is 6.12. The van der Waals surface area contributed by atoms with Crippen LogP contribution in [0.5, 0.6) is 0 Å². The largest absolute Gasteiger partial charge is 0.183 e. The minimum absolute atomic E-state index is 2.48. The molecule has 0 aromatic heterocycles. The van der Waals surface area contributed by atoms with Crippen LogP contribution < -0.4 is 0 Å². The first-order valence-corrected chi connectivity index (χ1v) is 2.25. The van der Waals surface area contributed by atoms with Gasteiger partial charge in [0.1, 0.15) is 0 Å². The van der Waals surface area contributed by atoms with E-state index in [2.05, 4.69) is 52.2 Å². The highest BCUT2D eigenvalue weighted by atomic mass is 15.7. The van der Waals surface area contributed by atoms with Crippen LogP contribution in [0.4, 0.5) is 0 Å². The van der Waals surface area contributed by atoms with Crippen molar-refractivity contribution < 1.29 is 0 Å². The molecule has 12 nitrogen and oxygen atoms in total. The average molecular weight is 170 g/mol. The van der Waals surface area contributed by atoms with Gasteiger partial charge in [0.2, 0.25) is 0 Å². The molecule has 12 heteroatoms. The van der Waals surface area contributed by atoms with Crippen molar-refractivity contribution in [2.24, 2.45) is 52.2 Å². The minimum Gasteiger partial charge on any atom is -0.183 e. The zero-order valence-corrected chi connectivity index (χ0v) is 5.47. The summed E-state index contributed by atoms with van der Waals surface area (Å²) in [5.41, 5.74) is 12.2. The highest BCUT2D eigenvalue weighted by Gasteiger charge is 1.66. The Morgan fingerprint density at radius 3 is 0.917 bits per heavy atom. The third-order valence-electron chi connectivity index (χ3n) is 0.369. The molecule has 0 rings (SSSR count). The third kappa shape index (κ3) is 7.60. The van der Waals surface area contributed by atoms with E-state index in [1.165, 1.54) is 0 Å². The van der Waals surface area contributed by atoms with Gasteiger partial charge in [0.25, 0.3) is 0 Å². The molecule has 0 heterocycles. The zero-order valence-electron chi connectivity index (χ0n) is 5.47. The van der Waals surface area contributed by atoms with Gasteiger partial charge in [-0.1, -0.05) is 0 Å². The fraction of sp³-hybridized carbons (Fsp3) is 0. The lowest BCUT2D eigenvalue weighted by Crippen LogP contribution is -1.47. The third-order valence-corrected chi connectivity index (χ3v) is 0.369. The van der Waals surface area contributed by atoms with Crippen molar-refractivity contribution in [1.29, 1.82) is 11.1 Å². The minimum atomic E-state index is 2.48. The second kappa shape index (κ2) is 8.60. The van der Waals surface area contributed by atoms with E-state index >= 15 is 0 Å². The van der Waals surface area contributed by atoms with Gasteiger partial charge >= 0.3 is 0 Å². The van der Waals surface area contributed by atoms with Crippen LogP contribution in [0.25, 0.3) is 0 Å². The van der Waals surface area contributed by atoms with Crippen molar-refractivity contribution in [3.8, 4) is 0 Å². The summed E-state index contributed by atoms with van der Waals surface area (Å²) in [5.74, 6) is 0. The van der Waals surface area contributed by atoms with Gasteiger partial charge in [-0.2, -0.15) is 11.1 Å². The second-order valence-corrected chi connectivity index (χ2v) is 0.916. The van der Waals surface area contributed by atoms with Crippen LogP contribution in [0.15, 0.2) is 52.2 Å². The van der Waals surface area contributed by atoms with Crippen molar-refractivity contribution >= 4 is 0 Å². The van der Waals surface area contributed by atoms with Crippen LogP contribution in [0.1, 0.15) is 0 Å². The molecular weight excluding hydrogens is 168 g/mol. The van der Waals surface area contributed by atoms with E-state index in [1.54, 1.807) is 0 Å². The summed E-state index contributed by atoms with van der Waals surface area (Å²) < 4.78 is 0. The van der Waals surface area contributed by atoms with Gasteiger partial charge in [-0.15, -0.1) is 0 Å². The highest BCUT2D eigenvalue weighted by molar-refractivity contribution is 4.09. The molecule has 0 atom stereocenters. The monoisotopic (exact) mass is 170 g/mol. The first-order chi connectivity index (χ1) is 5.91. The molecule has 0 radical (unpaired) electrons. The van der Waals surface area contributed by atoms with E-state index in [0.717, 1.165) is 0 Å². The molecule has 0 unspecified atom stereocenters. The van der Waals surface area contributed by atoms with Gasteiger partial charge in [0, 0.05) is 0 Å².